The first kappa shape index (κ1) is 20.8. The highest BCUT2D eigenvalue weighted by atomic mass is 32.1. The number of nitro benzene ring substituents is 1. The van der Waals surface area contributed by atoms with Gasteiger partial charge < -0.3 is 19.7 Å². The Kier molecular flexibility index (Phi) is 7.26. The Labute approximate surface area is 163 Å². The standard InChI is InChI=1S/C18H23N3O5S/c1-4-8-20-12(2)15(17(22)26-10-9-25-3)16(19-18(20)27)13-6-5-7-14(11-13)21(23)24/h5-7,11,16H,4,8-10H2,1-3H3,(H,19,27)/t16-/m1/s1. The largest absolute Gasteiger partial charge is 0.460 e. The molecule has 0 fully saturated rings. The molecular formula is C18H23N3O5S. The van der Waals surface area contributed by atoms with Crippen molar-refractivity contribution in [3.8, 4) is 0 Å². The highest BCUT2D eigenvalue weighted by Crippen LogP contribution is 2.32. The van der Waals surface area contributed by atoms with E-state index in [2.05, 4.69) is 5.32 Å². The number of nitrogens with zero attached hydrogens (tertiary/aromatic N) is 2. The second-order valence-electron chi connectivity index (χ2n) is 6.01. The molecule has 0 amide bonds. The fraction of sp³-hybridized carbons (Fsp3) is 0.444. The number of carbonyl (C=O) groups is 1. The minimum atomic E-state index is -0.624. The van der Waals surface area contributed by atoms with E-state index in [0.717, 1.165) is 6.42 Å². The SMILES string of the molecule is CCCN1C(=S)N[C@H](c2cccc([N+](=O)[O-])c2)C(C(=O)OCCOC)=C1C. The van der Waals surface area contributed by atoms with Crippen molar-refractivity contribution in [1.29, 1.82) is 0 Å². The van der Waals surface area contributed by atoms with Gasteiger partial charge >= 0.3 is 5.97 Å². The number of nitro groups is 1. The van der Waals surface area contributed by atoms with Crippen LogP contribution in [0.3, 0.4) is 0 Å². The maximum atomic E-state index is 12.8. The number of benzene rings is 1. The van der Waals surface area contributed by atoms with Crippen molar-refractivity contribution in [1.82, 2.24) is 10.2 Å². The van der Waals surface area contributed by atoms with E-state index in [1.807, 2.05) is 11.8 Å². The predicted molar refractivity (Wildman–Crippen MR) is 104 cm³/mol. The van der Waals surface area contributed by atoms with Crippen molar-refractivity contribution in [3.63, 3.8) is 0 Å². The third-order valence-electron chi connectivity index (χ3n) is 4.20. The van der Waals surface area contributed by atoms with Crippen molar-refractivity contribution in [2.75, 3.05) is 26.9 Å². The van der Waals surface area contributed by atoms with Gasteiger partial charge in [-0.25, -0.2) is 4.79 Å². The molecule has 1 aromatic carbocycles. The number of allylic oxidation sites excluding steroid dienone is 1. The molecule has 1 aliphatic heterocycles. The van der Waals surface area contributed by atoms with Crippen LogP contribution in [0.15, 0.2) is 35.5 Å². The molecule has 0 aromatic heterocycles. The molecule has 1 atom stereocenters. The average Bonchev–Trinajstić information content (AvgIpc) is 2.64. The Morgan fingerprint density at radius 2 is 2.15 bits per heavy atom. The fourth-order valence-corrected chi connectivity index (χ4v) is 3.25. The summed E-state index contributed by atoms with van der Waals surface area (Å²) in [5.74, 6) is -0.503. The topological polar surface area (TPSA) is 93.9 Å². The molecule has 0 saturated heterocycles. The summed E-state index contributed by atoms with van der Waals surface area (Å²) in [6.07, 6.45) is 0.840. The summed E-state index contributed by atoms with van der Waals surface area (Å²) in [5.41, 5.74) is 1.58. The van der Waals surface area contributed by atoms with Gasteiger partial charge in [-0.1, -0.05) is 19.1 Å². The molecule has 0 saturated carbocycles. The zero-order valence-electron chi connectivity index (χ0n) is 15.6. The molecule has 0 unspecified atom stereocenters. The van der Waals surface area contributed by atoms with Crippen molar-refractivity contribution in [3.05, 3.63) is 51.2 Å². The fourth-order valence-electron chi connectivity index (χ4n) is 2.90. The van der Waals surface area contributed by atoms with Gasteiger partial charge in [0.2, 0.25) is 0 Å². The van der Waals surface area contributed by atoms with Crippen LogP contribution in [0.1, 0.15) is 31.9 Å². The van der Waals surface area contributed by atoms with E-state index in [-0.39, 0.29) is 18.9 Å². The molecule has 0 aliphatic carbocycles. The summed E-state index contributed by atoms with van der Waals surface area (Å²) >= 11 is 5.45. The summed E-state index contributed by atoms with van der Waals surface area (Å²) in [4.78, 5) is 25.3. The van der Waals surface area contributed by atoms with Gasteiger partial charge in [-0.3, -0.25) is 10.1 Å². The van der Waals surface area contributed by atoms with Gasteiger partial charge in [0.25, 0.3) is 5.69 Å². The quantitative estimate of drug-likeness (QED) is 0.237. The normalized spacial score (nSPS) is 16.9. The van der Waals surface area contributed by atoms with Crippen molar-refractivity contribution >= 4 is 29.0 Å². The first-order chi connectivity index (χ1) is 12.9. The Morgan fingerprint density at radius 3 is 2.78 bits per heavy atom. The lowest BCUT2D eigenvalue weighted by atomic mass is 9.94. The summed E-state index contributed by atoms with van der Waals surface area (Å²) in [5, 5.41) is 14.7. The van der Waals surface area contributed by atoms with Crippen LogP contribution in [0, 0.1) is 10.1 Å². The molecule has 9 heteroatoms. The van der Waals surface area contributed by atoms with Crippen LogP contribution in [0.4, 0.5) is 5.69 Å². The van der Waals surface area contributed by atoms with Crippen LogP contribution in [0.2, 0.25) is 0 Å². The second-order valence-corrected chi connectivity index (χ2v) is 6.40. The van der Waals surface area contributed by atoms with Gasteiger partial charge in [0, 0.05) is 31.5 Å². The number of thiocarbonyl (C=S) groups is 1. The minimum Gasteiger partial charge on any atom is -0.460 e. The zero-order chi connectivity index (χ0) is 20.0. The molecule has 2 rings (SSSR count). The minimum absolute atomic E-state index is 0.0547. The summed E-state index contributed by atoms with van der Waals surface area (Å²) in [7, 11) is 1.52. The number of carbonyl (C=O) groups excluding carboxylic acids is 1. The molecule has 146 valence electrons. The van der Waals surface area contributed by atoms with Crippen molar-refractivity contribution in [2.24, 2.45) is 0 Å². The first-order valence-corrected chi connectivity index (χ1v) is 9.00. The lowest BCUT2D eigenvalue weighted by Gasteiger charge is -2.37. The van der Waals surface area contributed by atoms with E-state index < -0.39 is 16.9 Å². The summed E-state index contributed by atoms with van der Waals surface area (Å²) in [6, 6.07) is 5.52. The van der Waals surface area contributed by atoms with E-state index >= 15 is 0 Å². The number of esters is 1. The number of ether oxygens (including phenoxy) is 2. The van der Waals surface area contributed by atoms with Gasteiger partial charge in [0.1, 0.15) is 6.61 Å². The van der Waals surface area contributed by atoms with Gasteiger partial charge in [-0.15, -0.1) is 0 Å². The third-order valence-corrected chi connectivity index (χ3v) is 4.54. The highest BCUT2D eigenvalue weighted by molar-refractivity contribution is 7.80. The van der Waals surface area contributed by atoms with E-state index in [1.54, 1.807) is 19.1 Å². The predicted octanol–water partition coefficient (Wildman–Crippen LogP) is 2.70. The Hall–Kier alpha value is -2.52. The Bertz CT molecular complexity index is 765. The van der Waals surface area contributed by atoms with Crippen LogP contribution < -0.4 is 5.32 Å². The van der Waals surface area contributed by atoms with Crippen LogP contribution >= 0.6 is 12.2 Å². The zero-order valence-corrected chi connectivity index (χ0v) is 16.4. The highest BCUT2D eigenvalue weighted by Gasteiger charge is 2.35. The van der Waals surface area contributed by atoms with Gasteiger partial charge in [-0.2, -0.15) is 0 Å². The summed E-state index contributed by atoms with van der Waals surface area (Å²) in [6.45, 7) is 4.86. The molecule has 1 aliphatic rings. The molecule has 8 nitrogen and oxygen atoms in total. The first-order valence-electron chi connectivity index (χ1n) is 8.59. The third kappa shape index (κ3) is 4.81. The number of non-ortho nitro benzene ring substituents is 1. The number of rotatable bonds is 8. The van der Waals surface area contributed by atoms with Crippen molar-refractivity contribution in [2.45, 2.75) is 26.3 Å². The molecular weight excluding hydrogens is 370 g/mol. The van der Waals surface area contributed by atoms with E-state index in [1.165, 1.54) is 19.2 Å². The molecule has 1 aromatic rings. The maximum absolute atomic E-state index is 12.8. The lowest BCUT2D eigenvalue weighted by molar-refractivity contribution is -0.384. The van der Waals surface area contributed by atoms with Crippen LogP contribution in [-0.2, 0) is 14.3 Å². The van der Waals surface area contributed by atoms with Gasteiger partial charge in [0.05, 0.1) is 23.1 Å². The number of methoxy groups -OCH3 is 1. The Balaban J connectivity index is 2.46. The molecule has 0 bridgehead atoms. The number of hydrogen-bond donors (Lipinski definition) is 1. The monoisotopic (exact) mass is 393 g/mol. The van der Waals surface area contributed by atoms with Crippen LogP contribution in [0.25, 0.3) is 0 Å². The maximum Gasteiger partial charge on any atom is 0.338 e. The second kappa shape index (κ2) is 9.43. The molecule has 1 heterocycles. The smallest absolute Gasteiger partial charge is 0.338 e. The Morgan fingerprint density at radius 1 is 1.41 bits per heavy atom. The van der Waals surface area contributed by atoms with Crippen molar-refractivity contribution < 1.29 is 19.2 Å². The van der Waals surface area contributed by atoms with E-state index in [4.69, 9.17) is 21.7 Å². The van der Waals surface area contributed by atoms with E-state index in [9.17, 15) is 14.9 Å². The van der Waals surface area contributed by atoms with Crippen LogP contribution in [0.5, 0.6) is 0 Å². The van der Waals surface area contributed by atoms with E-state index in [0.29, 0.717) is 28.5 Å². The molecule has 1 N–H and O–H groups in total. The van der Waals surface area contributed by atoms with Gasteiger partial charge in [-0.05, 0) is 31.1 Å². The van der Waals surface area contributed by atoms with Crippen LogP contribution in [-0.4, -0.2) is 47.8 Å². The number of hydrogen-bond acceptors (Lipinski definition) is 6. The average molecular weight is 393 g/mol. The number of nitrogens with one attached hydrogen (secondary N) is 1. The molecule has 0 spiro atoms. The summed E-state index contributed by atoms with van der Waals surface area (Å²) < 4.78 is 10.2. The lowest BCUT2D eigenvalue weighted by Crippen LogP contribution is -2.48. The molecule has 27 heavy (non-hydrogen) atoms. The molecule has 0 radical (unpaired) electrons. The van der Waals surface area contributed by atoms with Gasteiger partial charge in [0.15, 0.2) is 5.11 Å².